The lowest BCUT2D eigenvalue weighted by molar-refractivity contribution is -0.119. The van der Waals surface area contributed by atoms with Crippen LogP contribution in [0.2, 0.25) is 0 Å². The van der Waals surface area contributed by atoms with E-state index in [9.17, 15) is 4.79 Å². The second-order valence-electron chi connectivity index (χ2n) is 3.80. The molecule has 0 aromatic carbocycles. The van der Waals surface area contributed by atoms with Crippen LogP contribution in [0.15, 0.2) is 0 Å². The normalized spacial score (nSPS) is 38.4. The van der Waals surface area contributed by atoms with Crippen molar-refractivity contribution in [3.05, 3.63) is 0 Å². The minimum absolute atomic E-state index is 0.486. The number of carbonyl (C=O) groups is 1. The summed E-state index contributed by atoms with van der Waals surface area (Å²) in [6, 6.07) is 0. The topological polar surface area (TPSA) is 20.3 Å². The van der Waals surface area contributed by atoms with Crippen LogP contribution in [0.5, 0.6) is 0 Å². The predicted octanol–water partition coefficient (Wildman–Crippen LogP) is 1.06. The van der Waals surface area contributed by atoms with E-state index in [0.29, 0.717) is 11.7 Å². The summed E-state index contributed by atoms with van der Waals surface area (Å²) in [4.78, 5) is 13.6. The van der Waals surface area contributed by atoms with Crippen LogP contribution in [0.4, 0.5) is 0 Å². The molecule has 2 unspecified atom stereocenters. The van der Waals surface area contributed by atoms with Crippen molar-refractivity contribution in [3.8, 4) is 0 Å². The summed E-state index contributed by atoms with van der Waals surface area (Å²) in [6.45, 7) is 3.44. The SMILES string of the molecule is O=C1CCN2CCCC(C1)C2. The lowest BCUT2D eigenvalue weighted by Gasteiger charge is -2.28. The van der Waals surface area contributed by atoms with Crippen molar-refractivity contribution in [2.24, 2.45) is 5.92 Å². The molecular formula is C9H15NO. The van der Waals surface area contributed by atoms with Gasteiger partial charge in [0.25, 0.3) is 0 Å². The van der Waals surface area contributed by atoms with Gasteiger partial charge in [0.05, 0.1) is 0 Å². The highest BCUT2D eigenvalue weighted by Crippen LogP contribution is 2.23. The number of hydrogen-bond acceptors (Lipinski definition) is 2. The molecule has 2 aliphatic heterocycles. The molecule has 0 N–H and O–H groups in total. The van der Waals surface area contributed by atoms with Gasteiger partial charge in [-0.25, -0.2) is 0 Å². The molecule has 2 bridgehead atoms. The molecule has 2 atom stereocenters. The van der Waals surface area contributed by atoms with Crippen molar-refractivity contribution in [2.45, 2.75) is 25.7 Å². The van der Waals surface area contributed by atoms with Crippen LogP contribution >= 0.6 is 0 Å². The Kier molecular flexibility index (Phi) is 1.95. The van der Waals surface area contributed by atoms with E-state index in [4.69, 9.17) is 0 Å². The zero-order valence-electron chi connectivity index (χ0n) is 6.88. The molecule has 2 fully saturated rings. The fourth-order valence-corrected chi connectivity index (χ4v) is 2.23. The van der Waals surface area contributed by atoms with E-state index in [1.807, 2.05) is 0 Å². The fourth-order valence-electron chi connectivity index (χ4n) is 2.23. The fraction of sp³-hybridized carbons (Fsp3) is 0.889. The van der Waals surface area contributed by atoms with Gasteiger partial charge in [-0.2, -0.15) is 0 Å². The van der Waals surface area contributed by atoms with Gasteiger partial charge in [-0.1, -0.05) is 0 Å². The predicted molar refractivity (Wildman–Crippen MR) is 43.4 cm³/mol. The van der Waals surface area contributed by atoms with Crippen LogP contribution in [-0.2, 0) is 4.79 Å². The van der Waals surface area contributed by atoms with Crippen LogP contribution < -0.4 is 0 Å². The summed E-state index contributed by atoms with van der Waals surface area (Å²) in [5, 5.41) is 0. The summed E-state index contributed by atoms with van der Waals surface area (Å²) in [7, 11) is 0. The molecule has 0 spiro atoms. The molecular weight excluding hydrogens is 138 g/mol. The van der Waals surface area contributed by atoms with Crippen molar-refractivity contribution < 1.29 is 4.79 Å². The van der Waals surface area contributed by atoms with E-state index in [1.54, 1.807) is 0 Å². The lowest BCUT2D eigenvalue weighted by Crippen LogP contribution is -2.33. The molecule has 0 amide bonds. The number of ketones is 1. The molecule has 2 nitrogen and oxygen atoms in total. The number of Topliss-reactive ketones (excluding diaryl/α,β-unsaturated/α-hetero) is 1. The van der Waals surface area contributed by atoms with Gasteiger partial charge in [-0.05, 0) is 25.3 Å². The number of carbonyl (C=O) groups excluding carboxylic acids is 1. The van der Waals surface area contributed by atoms with Gasteiger partial charge < -0.3 is 4.90 Å². The summed E-state index contributed by atoms with van der Waals surface area (Å²) in [5.74, 6) is 1.18. The zero-order valence-corrected chi connectivity index (χ0v) is 6.88. The first-order valence-electron chi connectivity index (χ1n) is 4.58. The van der Waals surface area contributed by atoms with Crippen molar-refractivity contribution in [2.75, 3.05) is 19.6 Å². The monoisotopic (exact) mass is 153 g/mol. The summed E-state index contributed by atoms with van der Waals surface area (Å²) >= 11 is 0. The Balaban J connectivity index is 2.04. The standard InChI is InChI=1S/C9H15NO/c11-9-3-5-10-4-1-2-8(6-9)7-10/h8H,1-7H2. The van der Waals surface area contributed by atoms with Gasteiger partial charge in [0.1, 0.15) is 5.78 Å². The maximum atomic E-state index is 11.2. The molecule has 0 saturated carbocycles. The Morgan fingerprint density at radius 3 is 3.18 bits per heavy atom. The van der Waals surface area contributed by atoms with Crippen LogP contribution in [0.25, 0.3) is 0 Å². The molecule has 62 valence electrons. The molecule has 0 aromatic rings. The van der Waals surface area contributed by atoms with Crippen LogP contribution in [-0.4, -0.2) is 30.3 Å². The molecule has 11 heavy (non-hydrogen) atoms. The van der Waals surface area contributed by atoms with Gasteiger partial charge in [-0.3, -0.25) is 4.79 Å². The van der Waals surface area contributed by atoms with Crippen LogP contribution in [0.3, 0.4) is 0 Å². The van der Waals surface area contributed by atoms with E-state index in [1.165, 1.54) is 25.9 Å². The van der Waals surface area contributed by atoms with E-state index in [0.717, 1.165) is 19.4 Å². The Labute approximate surface area is 67.6 Å². The van der Waals surface area contributed by atoms with Crippen molar-refractivity contribution in [1.82, 2.24) is 4.90 Å². The van der Waals surface area contributed by atoms with E-state index < -0.39 is 0 Å². The third-order valence-electron chi connectivity index (χ3n) is 2.83. The average molecular weight is 153 g/mol. The second-order valence-corrected chi connectivity index (χ2v) is 3.80. The zero-order chi connectivity index (χ0) is 7.68. The first-order chi connectivity index (χ1) is 5.34. The van der Waals surface area contributed by atoms with Gasteiger partial charge >= 0.3 is 0 Å². The highest BCUT2D eigenvalue weighted by molar-refractivity contribution is 5.79. The quantitative estimate of drug-likeness (QED) is 0.518. The molecule has 2 heteroatoms. The smallest absolute Gasteiger partial charge is 0.134 e. The molecule has 0 aliphatic carbocycles. The molecule has 2 rings (SSSR count). The third kappa shape index (κ3) is 1.62. The van der Waals surface area contributed by atoms with E-state index in [-0.39, 0.29) is 0 Å². The molecule has 2 heterocycles. The summed E-state index contributed by atoms with van der Waals surface area (Å²) < 4.78 is 0. The highest BCUT2D eigenvalue weighted by Gasteiger charge is 2.25. The van der Waals surface area contributed by atoms with Crippen LogP contribution in [0, 0.1) is 5.92 Å². The Morgan fingerprint density at radius 1 is 1.36 bits per heavy atom. The summed E-state index contributed by atoms with van der Waals surface area (Å²) in [5.41, 5.74) is 0. The maximum absolute atomic E-state index is 11.2. The van der Waals surface area contributed by atoms with Gasteiger partial charge in [0.2, 0.25) is 0 Å². The number of rotatable bonds is 0. The van der Waals surface area contributed by atoms with Gasteiger partial charge in [0.15, 0.2) is 0 Å². The first kappa shape index (κ1) is 7.29. The number of fused-ring (bicyclic) bond motifs is 2. The number of piperidine rings is 1. The van der Waals surface area contributed by atoms with Crippen molar-refractivity contribution in [3.63, 3.8) is 0 Å². The maximum Gasteiger partial charge on any atom is 0.134 e. The minimum Gasteiger partial charge on any atom is -0.303 e. The Bertz CT molecular complexity index is 167. The number of nitrogens with zero attached hydrogens (tertiary/aromatic N) is 1. The average Bonchev–Trinajstić information content (AvgIpc) is 2.12. The molecule has 0 radical (unpaired) electrons. The minimum atomic E-state index is 0.486. The molecule has 2 aliphatic rings. The van der Waals surface area contributed by atoms with Crippen molar-refractivity contribution in [1.29, 1.82) is 0 Å². The van der Waals surface area contributed by atoms with Gasteiger partial charge in [-0.15, -0.1) is 0 Å². The van der Waals surface area contributed by atoms with Crippen molar-refractivity contribution >= 4 is 5.78 Å². The van der Waals surface area contributed by atoms with E-state index in [2.05, 4.69) is 4.90 Å². The molecule has 0 aromatic heterocycles. The number of hydrogen-bond donors (Lipinski definition) is 0. The lowest BCUT2D eigenvalue weighted by atomic mass is 9.95. The third-order valence-corrected chi connectivity index (χ3v) is 2.83. The Morgan fingerprint density at radius 2 is 2.27 bits per heavy atom. The highest BCUT2D eigenvalue weighted by atomic mass is 16.1. The Hall–Kier alpha value is -0.370. The second kappa shape index (κ2) is 2.94. The van der Waals surface area contributed by atoms with E-state index >= 15 is 0 Å². The van der Waals surface area contributed by atoms with Crippen LogP contribution in [0.1, 0.15) is 25.7 Å². The largest absolute Gasteiger partial charge is 0.303 e. The van der Waals surface area contributed by atoms with Gasteiger partial charge in [0, 0.05) is 25.9 Å². The first-order valence-corrected chi connectivity index (χ1v) is 4.58. The molecule has 2 saturated heterocycles. The summed E-state index contributed by atoms with van der Waals surface area (Å²) in [6.07, 6.45) is 4.24.